The van der Waals surface area contributed by atoms with Crippen LogP contribution in [0.5, 0.6) is 0 Å². The van der Waals surface area contributed by atoms with Gasteiger partial charge in [0, 0.05) is 0 Å². The minimum absolute atomic E-state index is 0.241. The Balaban J connectivity index is 3.77. The van der Waals surface area contributed by atoms with Gasteiger partial charge in [0.25, 0.3) is 0 Å². The third-order valence-corrected chi connectivity index (χ3v) is 1.79. The number of carbonyl (C=O) groups is 1. The van der Waals surface area contributed by atoms with E-state index in [0.717, 1.165) is 12.3 Å². The van der Waals surface area contributed by atoms with E-state index in [9.17, 15) is 4.79 Å². The van der Waals surface area contributed by atoms with Crippen LogP contribution in [0.4, 0.5) is 0 Å². The van der Waals surface area contributed by atoms with Gasteiger partial charge in [-0.05, 0) is 0 Å². The predicted octanol–water partition coefficient (Wildman–Crippen LogP) is 0.0912. The Bertz CT molecular complexity index is 228. The second-order valence-corrected chi connectivity index (χ2v) is 4.49. The Labute approximate surface area is 76.6 Å². The van der Waals surface area contributed by atoms with Crippen molar-refractivity contribution < 1.29 is 24.2 Å². The molecule has 0 aromatic rings. The maximum atomic E-state index is 10.7. The molecule has 13 heavy (non-hydrogen) atoms. The van der Waals surface area contributed by atoms with Gasteiger partial charge >= 0.3 is 75.7 Å². The average Bonchev–Trinajstić information content (AvgIpc) is 1.95. The first-order chi connectivity index (χ1) is 5.83. The Kier molecular flexibility index (Phi) is 4.80. The van der Waals surface area contributed by atoms with Gasteiger partial charge in [0.1, 0.15) is 0 Å². The van der Waals surface area contributed by atoms with Crippen molar-refractivity contribution in [2.45, 2.75) is 6.92 Å². The van der Waals surface area contributed by atoms with Crippen LogP contribution in [0, 0.1) is 0 Å². The zero-order chi connectivity index (χ0) is 10.5. The normalized spacial score (nSPS) is 12.9. The predicted molar refractivity (Wildman–Crippen MR) is 49.9 cm³/mol. The second kappa shape index (κ2) is 5.09. The van der Waals surface area contributed by atoms with Crippen molar-refractivity contribution in [3.63, 3.8) is 0 Å². The number of allylic oxidation sites excluding steroid dienone is 1. The van der Waals surface area contributed by atoms with Gasteiger partial charge in [-0.15, -0.1) is 0 Å². The number of ether oxygens (including phenoxy) is 1. The molecule has 0 aromatic carbocycles. The Morgan fingerprint density at radius 2 is 2.08 bits per heavy atom. The van der Waals surface area contributed by atoms with Crippen LogP contribution in [0.15, 0.2) is 24.5 Å². The molecule has 0 spiro atoms. The van der Waals surface area contributed by atoms with Gasteiger partial charge in [-0.1, -0.05) is 0 Å². The second-order valence-electron chi connectivity index (χ2n) is 2.54. The molecule has 0 saturated carbocycles. The van der Waals surface area contributed by atoms with Gasteiger partial charge in [0.2, 0.25) is 0 Å². The van der Waals surface area contributed by atoms with Crippen LogP contribution < -0.4 is 0 Å². The topological polar surface area (TPSA) is 87.0 Å². The molecule has 5 nitrogen and oxygen atoms in total. The molecule has 0 amide bonds. The molecule has 0 heterocycles. The molecule has 0 unspecified atom stereocenters. The first-order valence-corrected chi connectivity index (χ1v) is 5.56. The van der Waals surface area contributed by atoms with E-state index in [1.54, 1.807) is 0 Å². The molecule has 76 valence electrons. The van der Waals surface area contributed by atoms with Crippen LogP contribution in [0.1, 0.15) is 6.92 Å². The molecule has 0 aromatic heterocycles. The van der Waals surface area contributed by atoms with E-state index >= 15 is 0 Å². The molecule has 0 aliphatic heterocycles. The molecule has 0 saturated heterocycles. The molecule has 0 atom stereocenters. The zero-order valence-corrected chi connectivity index (χ0v) is 8.23. The van der Waals surface area contributed by atoms with Gasteiger partial charge in [-0.2, -0.15) is 0 Å². The van der Waals surface area contributed by atoms with E-state index < -0.39 is 13.9 Å². The number of rotatable bonds is 4. The van der Waals surface area contributed by atoms with Gasteiger partial charge in [-0.25, -0.2) is 0 Å². The standard InChI is InChI=1S/C7H13O5P/c1-6(2)7(8)12-4-3-5-13(9,10)11/h3-4,9-11,13H,1,5H2,2H3. The van der Waals surface area contributed by atoms with Crippen molar-refractivity contribution >= 4 is 13.9 Å². The van der Waals surface area contributed by atoms with Crippen LogP contribution in [-0.2, 0) is 9.53 Å². The number of hydrogen-bond donors (Lipinski definition) is 3. The van der Waals surface area contributed by atoms with Crippen molar-refractivity contribution in [2.75, 3.05) is 6.16 Å². The van der Waals surface area contributed by atoms with Gasteiger partial charge in [-0.3, -0.25) is 0 Å². The number of hydrogen-bond acceptors (Lipinski definition) is 5. The van der Waals surface area contributed by atoms with Crippen molar-refractivity contribution in [1.82, 2.24) is 0 Å². The third kappa shape index (κ3) is 7.62. The molecular weight excluding hydrogens is 195 g/mol. The zero-order valence-electron chi connectivity index (χ0n) is 7.23. The van der Waals surface area contributed by atoms with E-state index in [0.29, 0.717) is 0 Å². The first kappa shape index (κ1) is 12.3. The summed E-state index contributed by atoms with van der Waals surface area (Å²) in [5.41, 5.74) is 0.241. The quantitative estimate of drug-likeness (QED) is 0.264. The van der Waals surface area contributed by atoms with Gasteiger partial charge in [0.15, 0.2) is 0 Å². The first-order valence-electron chi connectivity index (χ1n) is 3.51. The summed E-state index contributed by atoms with van der Waals surface area (Å²) in [5, 5.41) is 0. The Morgan fingerprint density at radius 3 is 2.46 bits per heavy atom. The molecule has 0 rings (SSSR count). The fraction of sp³-hybridized carbons (Fsp3) is 0.286. The van der Waals surface area contributed by atoms with Crippen molar-refractivity contribution in [2.24, 2.45) is 0 Å². The molecule has 0 radical (unpaired) electrons. The molecule has 3 N–H and O–H groups in total. The summed E-state index contributed by atoms with van der Waals surface area (Å²) in [6.45, 7) is 4.82. The summed E-state index contributed by atoms with van der Waals surface area (Å²) in [6, 6.07) is 0. The number of esters is 1. The monoisotopic (exact) mass is 208 g/mol. The van der Waals surface area contributed by atoms with E-state index in [-0.39, 0.29) is 11.7 Å². The maximum absolute atomic E-state index is 10.7. The molecule has 0 aliphatic carbocycles. The van der Waals surface area contributed by atoms with Gasteiger partial charge in [0.05, 0.1) is 0 Å². The fourth-order valence-electron chi connectivity index (χ4n) is 0.417. The van der Waals surface area contributed by atoms with Gasteiger partial charge < -0.3 is 0 Å². The summed E-state index contributed by atoms with van der Waals surface area (Å²) in [5.74, 6) is -0.600. The van der Waals surface area contributed by atoms with Crippen LogP contribution in [-0.4, -0.2) is 26.8 Å². The Morgan fingerprint density at radius 1 is 1.54 bits per heavy atom. The summed E-state index contributed by atoms with van der Waals surface area (Å²) >= 11 is 0. The molecule has 0 fully saturated rings. The van der Waals surface area contributed by atoms with Crippen LogP contribution in [0.2, 0.25) is 0 Å². The SMILES string of the molecule is C=C(C)C(=O)OC=CC[PH](O)(O)O. The van der Waals surface area contributed by atoms with E-state index in [2.05, 4.69) is 11.3 Å². The molecular formula is C7H13O5P. The summed E-state index contributed by atoms with van der Waals surface area (Å²) in [4.78, 5) is 36.3. The fourth-order valence-corrected chi connectivity index (χ4v) is 0.829. The molecule has 0 bridgehead atoms. The summed E-state index contributed by atoms with van der Waals surface area (Å²) in [6.07, 6.45) is 1.84. The van der Waals surface area contributed by atoms with Crippen LogP contribution in [0.3, 0.4) is 0 Å². The number of carbonyl (C=O) groups excluding carboxylic acids is 1. The summed E-state index contributed by atoms with van der Waals surface area (Å²) < 4.78 is 4.47. The third-order valence-electron chi connectivity index (χ3n) is 1.01. The molecule has 0 aliphatic rings. The molecule has 6 heteroatoms. The van der Waals surface area contributed by atoms with Crippen molar-refractivity contribution in [1.29, 1.82) is 0 Å². The van der Waals surface area contributed by atoms with Crippen molar-refractivity contribution in [3.05, 3.63) is 24.5 Å². The Hall–Kier alpha value is -0.740. The average molecular weight is 208 g/mol. The van der Waals surface area contributed by atoms with Crippen molar-refractivity contribution in [3.8, 4) is 0 Å². The minimum atomic E-state index is -4.06. The van der Waals surface area contributed by atoms with Crippen LogP contribution in [0.25, 0.3) is 0 Å². The van der Waals surface area contributed by atoms with E-state index in [1.807, 2.05) is 0 Å². The van der Waals surface area contributed by atoms with E-state index in [1.165, 1.54) is 6.92 Å². The summed E-state index contributed by atoms with van der Waals surface area (Å²) in [7, 11) is -4.06. The van der Waals surface area contributed by atoms with Crippen LogP contribution >= 0.6 is 7.94 Å². The van der Waals surface area contributed by atoms with E-state index in [4.69, 9.17) is 14.7 Å².